The van der Waals surface area contributed by atoms with Crippen molar-refractivity contribution >= 4 is 17.6 Å². The molecule has 1 aromatic carbocycles. The third kappa shape index (κ3) is 4.27. The van der Waals surface area contributed by atoms with Gasteiger partial charge in [0, 0.05) is 17.1 Å². The minimum absolute atomic E-state index is 0.275. The lowest BCUT2D eigenvalue weighted by Crippen LogP contribution is -2.22. The van der Waals surface area contributed by atoms with Crippen molar-refractivity contribution in [2.24, 2.45) is 10.7 Å². The maximum Gasteiger partial charge on any atom is 0.253 e. The fraction of sp³-hybridized carbons (Fsp3) is 0.312. The highest BCUT2D eigenvalue weighted by Gasteiger charge is 2.02. The molecule has 0 atom stereocenters. The summed E-state index contributed by atoms with van der Waals surface area (Å²) >= 11 is 0. The molecule has 0 aliphatic rings. The van der Waals surface area contributed by atoms with E-state index in [9.17, 15) is 0 Å². The molecular formula is C16H21N5. The molecule has 0 aliphatic carbocycles. The van der Waals surface area contributed by atoms with Crippen molar-refractivity contribution in [3.8, 4) is 0 Å². The van der Waals surface area contributed by atoms with Crippen LogP contribution in [0.15, 0.2) is 35.3 Å². The van der Waals surface area contributed by atoms with E-state index in [-0.39, 0.29) is 5.96 Å². The first-order chi connectivity index (χ1) is 9.94. The Balaban J connectivity index is 2.13. The monoisotopic (exact) mass is 283 g/mol. The van der Waals surface area contributed by atoms with Crippen LogP contribution in [0.2, 0.25) is 0 Å². The highest BCUT2D eigenvalue weighted by atomic mass is 15.2. The molecule has 0 radical (unpaired) electrons. The number of rotatable bonds is 3. The van der Waals surface area contributed by atoms with Gasteiger partial charge >= 0.3 is 0 Å². The molecular weight excluding hydrogens is 262 g/mol. The second-order valence-corrected chi connectivity index (χ2v) is 5.35. The van der Waals surface area contributed by atoms with Crippen molar-refractivity contribution in [2.45, 2.75) is 33.6 Å². The molecule has 1 aromatic heterocycles. The number of benzene rings is 1. The molecule has 2 rings (SSSR count). The van der Waals surface area contributed by atoms with E-state index in [4.69, 9.17) is 5.73 Å². The van der Waals surface area contributed by atoms with E-state index in [0.717, 1.165) is 17.1 Å². The van der Waals surface area contributed by atoms with Gasteiger partial charge in [-0.15, -0.1) is 0 Å². The zero-order valence-corrected chi connectivity index (χ0v) is 12.9. The summed E-state index contributed by atoms with van der Waals surface area (Å²) < 4.78 is 0. The Kier molecular flexibility index (Phi) is 4.52. The topological polar surface area (TPSA) is 76.2 Å². The summed E-state index contributed by atoms with van der Waals surface area (Å²) in [5.74, 6) is 1.15. The minimum atomic E-state index is 0.275. The summed E-state index contributed by atoms with van der Waals surface area (Å²) in [6.07, 6.45) is 0. The van der Waals surface area contributed by atoms with Crippen LogP contribution in [-0.2, 0) is 0 Å². The lowest BCUT2D eigenvalue weighted by molar-refractivity contribution is 0.867. The first-order valence-corrected chi connectivity index (χ1v) is 6.97. The molecule has 0 bridgehead atoms. The van der Waals surface area contributed by atoms with Crippen molar-refractivity contribution in [3.63, 3.8) is 0 Å². The summed E-state index contributed by atoms with van der Waals surface area (Å²) in [5.41, 5.74) is 9.82. The van der Waals surface area contributed by atoms with E-state index >= 15 is 0 Å². The predicted molar refractivity (Wildman–Crippen MR) is 86.9 cm³/mol. The third-order valence-corrected chi connectivity index (χ3v) is 3.04. The zero-order chi connectivity index (χ0) is 15.4. The average Bonchev–Trinajstić information content (AvgIpc) is 2.37. The average molecular weight is 283 g/mol. The van der Waals surface area contributed by atoms with Gasteiger partial charge in [0.15, 0.2) is 0 Å². The van der Waals surface area contributed by atoms with Gasteiger partial charge in [0.2, 0.25) is 5.96 Å². The molecule has 2 aromatic rings. The second kappa shape index (κ2) is 6.35. The lowest BCUT2D eigenvalue weighted by atomic mass is 10.0. The number of hydrogen-bond donors (Lipinski definition) is 2. The fourth-order valence-corrected chi connectivity index (χ4v) is 1.99. The highest BCUT2D eigenvalue weighted by Crippen LogP contribution is 2.17. The Morgan fingerprint density at radius 3 is 2.19 bits per heavy atom. The number of hydrogen-bond acceptors (Lipinski definition) is 3. The molecule has 3 N–H and O–H groups in total. The largest absolute Gasteiger partial charge is 0.369 e. The Labute approximate surface area is 125 Å². The van der Waals surface area contributed by atoms with E-state index < -0.39 is 0 Å². The number of guanidine groups is 1. The summed E-state index contributed by atoms with van der Waals surface area (Å²) in [6, 6.07) is 10.0. The van der Waals surface area contributed by atoms with E-state index in [1.54, 1.807) is 0 Å². The number of nitrogens with zero attached hydrogens (tertiary/aromatic N) is 3. The van der Waals surface area contributed by atoms with Crippen LogP contribution in [0.25, 0.3) is 0 Å². The van der Waals surface area contributed by atoms with Gasteiger partial charge in [-0.3, -0.25) is 0 Å². The SMILES string of the molecule is Cc1cc(C)nc(/N=C(/N)Nc2ccc(C(C)C)cc2)n1. The highest BCUT2D eigenvalue weighted by molar-refractivity contribution is 5.93. The van der Waals surface area contributed by atoms with Crippen molar-refractivity contribution in [3.05, 3.63) is 47.3 Å². The van der Waals surface area contributed by atoms with E-state index in [1.807, 2.05) is 32.0 Å². The van der Waals surface area contributed by atoms with Crippen molar-refractivity contribution < 1.29 is 0 Å². The summed E-state index contributed by atoms with van der Waals surface area (Å²) in [4.78, 5) is 12.7. The molecule has 0 unspecified atom stereocenters. The molecule has 0 fully saturated rings. The molecule has 21 heavy (non-hydrogen) atoms. The molecule has 0 saturated heterocycles. The van der Waals surface area contributed by atoms with E-state index in [1.165, 1.54) is 5.56 Å². The van der Waals surface area contributed by atoms with Crippen LogP contribution in [-0.4, -0.2) is 15.9 Å². The van der Waals surface area contributed by atoms with Gasteiger partial charge in [-0.2, -0.15) is 4.99 Å². The summed E-state index contributed by atoms with van der Waals surface area (Å²) in [5, 5.41) is 3.04. The number of aryl methyl sites for hydroxylation is 2. The first-order valence-electron chi connectivity index (χ1n) is 6.97. The third-order valence-electron chi connectivity index (χ3n) is 3.04. The molecule has 0 spiro atoms. The normalized spacial score (nSPS) is 11.8. The Bertz CT molecular complexity index is 624. The number of aliphatic imine (C=N–C) groups is 1. The van der Waals surface area contributed by atoms with Gasteiger partial charge < -0.3 is 11.1 Å². The molecule has 0 saturated carbocycles. The summed E-state index contributed by atoms with van der Waals surface area (Å²) in [7, 11) is 0. The minimum Gasteiger partial charge on any atom is -0.369 e. The van der Waals surface area contributed by atoms with Gasteiger partial charge in [0.05, 0.1) is 0 Å². The number of nitrogens with one attached hydrogen (secondary N) is 1. The van der Waals surface area contributed by atoms with Crippen molar-refractivity contribution in [2.75, 3.05) is 5.32 Å². The molecule has 1 heterocycles. The van der Waals surface area contributed by atoms with E-state index in [0.29, 0.717) is 11.9 Å². The number of nitrogens with two attached hydrogens (primary N) is 1. The van der Waals surface area contributed by atoms with Crippen molar-refractivity contribution in [1.29, 1.82) is 0 Å². The maximum atomic E-state index is 5.89. The predicted octanol–water partition coefficient (Wildman–Crippen LogP) is 3.28. The second-order valence-electron chi connectivity index (χ2n) is 5.35. The van der Waals surface area contributed by atoms with Crippen LogP contribution < -0.4 is 11.1 Å². The van der Waals surface area contributed by atoms with Crippen LogP contribution >= 0.6 is 0 Å². The molecule has 0 amide bonds. The molecule has 5 heteroatoms. The van der Waals surface area contributed by atoms with Gasteiger partial charge in [0.25, 0.3) is 5.95 Å². The Morgan fingerprint density at radius 2 is 1.67 bits per heavy atom. The van der Waals surface area contributed by atoms with E-state index in [2.05, 4.69) is 46.3 Å². The first kappa shape index (κ1) is 15.0. The van der Waals surface area contributed by atoms with Crippen LogP contribution in [0, 0.1) is 13.8 Å². The Morgan fingerprint density at radius 1 is 1.10 bits per heavy atom. The summed E-state index contributed by atoms with van der Waals surface area (Å²) in [6.45, 7) is 8.13. The standard InChI is InChI=1S/C16H21N5/c1-10(2)13-5-7-14(8-6-13)20-15(17)21-16-18-11(3)9-12(4)19-16/h5-10H,1-4H3,(H3,17,18,19,20,21). The van der Waals surface area contributed by atoms with Crippen LogP contribution in [0.3, 0.4) is 0 Å². The van der Waals surface area contributed by atoms with Gasteiger partial charge in [0.1, 0.15) is 0 Å². The number of aromatic nitrogens is 2. The van der Waals surface area contributed by atoms with Crippen molar-refractivity contribution in [1.82, 2.24) is 9.97 Å². The maximum absolute atomic E-state index is 5.89. The fourth-order valence-electron chi connectivity index (χ4n) is 1.99. The van der Waals surface area contributed by atoms with Crippen LogP contribution in [0.1, 0.15) is 36.7 Å². The van der Waals surface area contributed by atoms with Gasteiger partial charge in [-0.1, -0.05) is 26.0 Å². The quantitative estimate of drug-likeness (QED) is 0.669. The number of anilines is 1. The van der Waals surface area contributed by atoms with Gasteiger partial charge in [-0.05, 0) is 43.5 Å². The van der Waals surface area contributed by atoms with Gasteiger partial charge in [-0.25, -0.2) is 9.97 Å². The van der Waals surface area contributed by atoms with Crippen LogP contribution in [0.5, 0.6) is 0 Å². The van der Waals surface area contributed by atoms with Crippen LogP contribution in [0.4, 0.5) is 11.6 Å². The smallest absolute Gasteiger partial charge is 0.253 e. The molecule has 5 nitrogen and oxygen atoms in total. The molecule has 110 valence electrons. The molecule has 0 aliphatic heterocycles. The lowest BCUT2D eigenvalue weighted by Gasteiger charge is -2.08. The zero-order valence-electron chi connectivity index (χ0n) is 12.9. The Hall–Kier alpha value is -2.43.